The third kappa shape index (κ3) is 3.37. The average Bonchev–Trinajstić information content (AvgIpc) is 2.28. The molecule has 1 aliphatic rings. The highest BCUT2D eigenvalue weighted by atomic mass is 35.5. The first kappa shape index (κ1) is 14.8. The molecule has 4 nitrogen and oxygen atoms in total. The van der Waals surface area contributed by atoms with E-state index in [2.05, 4.69) is 18.7 Å². The van der Waals surface area contributed by atoms with Crippen LogP contribution < -0.4 is 10.6 Å². The van der Waals surface area contributed by atoms with Gasteiger partial charge in [-0.1, -0.05) is 0 Å². The third-order valence-electron chi connectivity index (χ3n) is 2.94. The van der Waals surface area contributed by atoms with E-state index in [1.807, 2.05) is 12.1 Å². The van der Waals surface area contributed by atoms with E-state index in [0.29, 0.717) is 5.56 Å². The maximum atomic E-state index is 11.0. The van der Waals surface area contributed by atoms with Gasteiger partial charge in [0, 0.05) is 24.3 Å². The molecule has 0 bridgehead atoms. The van der Waals surface area contributed by atoms with Crippen LogP contribution in [0.5, 0.6) is 0 Å². The van der Waals surface area contributed by atoms with Crippen molar-refractivity contribution in [1.29, 1.82) is 0 Å². The van der Waals surface area contributed by atoms with Crippen LogP contribution in [0.2, 0.25) is 0 Å². The van der Waals surface area contributed by atoms with Crippen LogP contribution >= 0.6 is 12.4 Å². The molecule has 0 radical (unpaired) electrons. The summed E-state index contributed by atoms with van der Waals surface area (Å²) in [6, 6.07) is 7.40. The highest BCUT2D eigenvalue weighted by Gasteiger charge is 2.22. The second kappa shape index (κ2) is 6.07. The topological polar surface area (TPSA) is 55.6 Å². The van der Waals surface area contributed by atoms with Crippen molar-refractivity contribution in [2.75, 3.05) is 18.0 Å². The highest BCUT2D eigenvalue weighted by molar-refractivity contribution is 5.93. The molecule has 1 heterocycles. The zero-order valence-electron chi connectivity index (χ0n) is 10.6. The Labute approximate surface area is 114 Å². The fraction of sp³-hybridized carbons (Fsp3) is 0.462. The number of nitrogens with two attached hydrogens (primary N) is 1. The molecule has 2 rings (SSSR count). The predicted molar refractivity (Wildman–Crippen MR) is 74.4 cm³/mol. The van der Waals surface area contributed by atoms with Gasteiger partial charge in [0.1, 0.15) is 0 Å². The average molecular weight is 271 g/mol. The number of halogens is 1. The van der Waals surface area contributed by atoms with Crippen LogP contribution in [-0.4, -0.2) is 31.2 Å². The molecule has 1 aliphatic heterocycles. The summed E-state index contributed by atoms with van der Waals surface area (Å²) >= 11 is 0. The van der Waals surface area contributed by atoms with E-state index in [9.17, 15) is 4.79 Å². The van der Waals surface area contributed by atoms with Gasteiger partial charge in [-0.3, -0.25) is 4.79 Å². The summed E-state index contributed by atoms with van der Waals surface area (Å²) in [5.74, 6) is -0.389. The van der Waals surface area contributed by atoms with Crippen molar-refractivity contribution in [2.45, 2.75) is 26.1 Å². The molecule has 0 aromatic heterocycles. The lowest BCUT2D eigenvalue weighted by molar-refractivity contribution is -0.00522. The van der Waals surface area contributed by atoms with Crippen LogP contribution in [0.15, 0.2) is 24.3 Å². The van der Waals surface area contributed by atoms with Gasteiger partial charge in [0.25, 0.3) is 0 Å². The molecular weight excluding hydrogens is 252 g/mol. The Morgan fingerprint density at radius 3 is 2.17 bits per heavy atom. The van der Waals surface area contributed by atoms with Gasteiger partial charge in [-0.15, -0.1) is 12.4 Å². The molecule has 100 valence electrons. The van der Waals surface area contributed by atoms with Crippen LogP contribution in [0.25, 0.3) is 0 Å². The molecule has 1 saturated heterocycles. The molecule has 2 N–H and O–H groups in total. The first-order valence-corrected chi connectivity index (χ1v) is 5.86. The van der Waals surface area contributed by atoms with Crippen molar-refractivity contribution in [3.05, 3.63) is 29.8 Å². The van der Waals surface area contributed by atoms with E-state index < -0.39 is 0 Å². The van der Waals surface area contributed by atoms with Gasteiger partial charge in [0.15, 0.2) is 0 Å². The lowest BCUT2D eigenvalue weighted by Gasteiger charge is -2.36. The summed E-state index contributed by atoms with van der Waals surface area (Å²) in [5.41, 5.74) is 6.87. The van der Waals surface area contributed by atoms with Gasteiger partial charge >= 0.3 is 0 Å². The molecule has 0 spiro atoms. The molecule has 2 unspecified atom stereocenters. The van der Waals surface area contributed by atoms with Gasteiger partial charge in [-0.05, 0) is 38.1 Å². The second-order valence-corrected chi connectivity index (χ2v) is 4.57. The van der Waals surface area contributed by atoms with Gasteiger partial charge in [0.05, 0.1) is 12.2 Å². The second-order valence-electron chi connectivity index (χ2n) is 4.57. The number of morpholine rings is 1. The number of carbonyl (C=O) groups is 1. The largest absolute Gasteiger partial charge is 0.372 e. The molecular formula is C13H19ClN2O2. The van der Waals surface area contributed by atoms with E-state index in [0.717, 1.165) is 18.8 Å². The van der Waals surface area contributed by atoms with E-state index >= 15 is 0 Å². The smallest absolute Gasteiger partial charge is 0.248 e. The van der Waals surface area contributed by atoms with Crippen LogP contribution in [0.1, 0.15) is 24.2 Å². The molecule has 1 aromatic rings. The Morgan fingerprint density at radius 2 is 1.72 bits per heavy atom. The van der Waals surface area contributed by atoms with Gasteiger partial charge in [-0.25, -0.2) is 0 Å². The minimum absolute atomic E-state index is 0. The molecule has 1 aromatic carbocycles. The van der Waals surface area contributed by atoms with Gasteiger partial charge in [0.2, 0.25) is 5.91 Å². The quantitative estimate of drug-likeness (QED) is 0.892. The number of nitrogens with zero attached hydrogens (tertiary/aromatic N) is 1. The fourth-order valence-electron chi connectivity index (χ4n) is 2.23. The molecule has 0 saturated carbocycles. The minimum atomic E-state index is -0.389. The first-order valence-electron chi connectivity index (χ1n) is 5.86. The molecule has 5 heteroatoms. The van der Waals surface area contributed by atoms with E-state index in [1.54, 1.807) is 12.1 Å². The number of carbonyl (C=O) groups excluding carboxylic acids is 1. The lowest BCUT2D eigenvalue weighted by atomic mass is 10.1. The van der Waals surface area contributed by atoms with Crippen LogP contribution in [0.4, 0.5) is 5.69 Å². The highest BCUT2D eigenvalue weighted by Crippen LogP contribution is 2.20. The summed E-state index contributed by atoms with van der Waals surface area (Å²) < 4.78 is 5.68. The summed E-state index contributed by atoms with van der Waals surface area (Å²) in [7, 11) is 0. The van der Waals surface area contributed by atoms with Crippen LogP contribution in [0.3, 0.4) is 0 Å². The summed E-state index contributed by atoms with van der Waals surface area (Å²) in [6.45, 7) is 5.89. The van der Waals surface area contributed by atoms with Crippen LogP contribution in [0, 0.1) is 0 Å². The zero-order chi connectivity index (χ0) is 12.4. The van der Waals surface area contributed by atoms with E-state index in [-0.39, 0.29) is 30.5 Å². The number of hydrogen-bond acceptors (Lipinski definition) is 3. The van der Waals surface area contributed by atoms with Gasteiger partial charge in [-0.2, -0.15) is 0 Å². The zero-order valence-corrected chi connectivity index (χ0v) is 11.4. The lowest BCUT2D eigenvalue weighted by Crippen LogP contribution is -2.45. The Bertz CT molecular complexity index is 398. The van der Waals surface area contributed by atoms with Crippen molar-refractivity contribution in [3.8, 4) is 0 Å². The molecule has 0 aliphatic carbocycles. The SMILES string of the molecule is CC1CN(c2ccc(C(N)=O)cc2)CC(C)O1.Cl. The van der Waals surface area contributed by atoms with Crippen LogP contribution in [-0.2, 0) is 4.74 Å². The molecule has 1 fully saturated rings. The number of primary amides is 1. The Kier molecular flexibility index (Phi) is 4.99. The molecule has 1 amide bonds. The number of ether oxygens (including phenoxy) is 1. The number of amides is 1. The molecule has 18 heavy (non-hydrogen) atoms. The Hall–Kier alpha value is -1.26. The summed E-state index contributed by atoms with van der Waals surface area (Å²) in [4.78, 5) is 13.2. The van der Waals surface area contributed by atoms with Gasteiger partial charge < -0.3 is 15.4 Å². The standard InChI is InChI=1S/C13H18N2O2.ClH/c1-9-7-15(8-10(2)17-9)12-5-3-11(4-6-12)13(14)16;/h3-6,9-10H,7-8H2,1-2H3,(H2,14,16);1H. The first-order chi connectivity index (χ1) is 8.06. The maximum absolute atomic E-state index is 11.0. The monoisotopic (exact) mass is 270 g/mol. The van der Waals surface area contributed by atoms with Crippen molar-refractivity contribution in [3.63, 3.8) is 0 Å². The third-order valence-corrected chi connectivity index (χ3v) is 2.94. The maximum Gasteiger partial charge on any atom is 0.248 e. The van der Waals surface area contributed by atoms with E-state index in [1.165, 1.54) is 0 Å². The number of hydrogen-bond donors (Lipinski definition) is 1. The Morgan fingerprint density at radius 1 is 1.22 bits per heavy atom. The van der Waals surface area contributed by atoms with Crippen molar-refractivity contribution in [1.82, 2.24) is 0 Å². The Balaban J connectivity index is 0.00000162. The number of anilines is 1. The van der Waals surface area contributed by atoms with E-state index in [4.69, 9.17) is 10.5 Å². The molecule has 2 atom stereocenters. The fourth-order valence-corrected chi connectivity index (χ4v) is 2.23. The van der Waals surface area contributed by atoms with Crippen molar-refractivity contribution in [2.24, 2.45) is 5.73 Å². The summed E-state index contributed by atoms with van der Waals surface area (Å²) in [5, 5.41) is 0. The number of benzene rings is 1. The van der Waals surface area contributed by atoms with Crippen molar-refractivity contribution < 1.29 is 9.53 Å². The summed E-state index contributed by atoms with van der Waals surface area (Å²) in [6.07, 6.45) is 0.462. The normalized spacial score (nSPS) is 23.3. The number of rotatable bonds is 2. The van der Waals surface area contributed by atoms with Crippen molar-refractivity contribution >= 4 is 24.0 Å². The minimum Gasteiger partial charge on any atom is -0.372 e. The predicted octanol–water partition coefficient (Wildman–Crippen LogP) is 1.82.